The molecular weight excluding hydrogens is 548 g/mol. The molecule has 10 heteroatoms. The SMILES string of the molecule is COc1cc(/C=C2\SC(=O)N(Cc3ccc(C)cc3)C2=O)cc(Br)c1OCc1cccc([N+](=O)[O-])c1. The van der Waals surface area contributed by atoms with Gasteiger partial charge in [0.15, 0.2) is 11.5 Å². The topological polar surface area (TPSA) is 99.0 Å². The van der Waals surface area contributed by atoms with Gasteiger partial charge >= 0.3 is 0 Å². The van der Waals surface area contributed by atoms with Crippen molar-refractivity contribution in [3.8, 4) is 11.5 Å². The van der Waals surface area contributed by atoms with E-state index in [2.05, 4.69) is 15.9 Å². The highest BCUT2D eigenvalue weighted by Gasteiger charge is 2.35. The molecular formula is C26H21BrN2O6S. The molecule has 184 valence electrons. The van der Waals surface area contributed by atoms with Gasteiger partial charge in [0.1, 0.15) is 6.61 Å². The Balaban J connectivity index is 1.52. The van der Waals surface area contributed by atoms with Gasteiger partial charge < -0.3 is 9.47 Å². The van der Waals surface area contributed by atoms with E-state index in [0.29, 0.717) is 32.0 Å². The average Bonchev–Trinajstić information content (AvgIpc) is 3.11. The highest BCUT2D eigenvalue weighted by Crippen LogP contribution is 2.39. The molecule has 0 N–H and O–H groups in total. The van der Waals surface area contributed by atoms with Crippen LogP contribution in [0, 0.1) is 17.0 Å². The molecule has 1 aliphatic rings. The normalized spacial score (nSPS) is 14.4. The van der Waals surface area contributed by atoms with Crippen molar-refractivity contribution in [3.63, 3.8) is 0 Å². The third-order valence-corrected chi connectivity index (χ3v) is 6.89. The Kier molecular flexibility index (Phi) is 7.76. The highest BCUT2D eigenvalue weighted by molar-refractivity contribution is 9.10. The van der Waals surface area contributed by atoms with Crippen LogP contribution in [0.4, 0.5) is 10.5 Å². The Bertz CT molecular complexity index is 1370. The molecule has 4 rings (SSSR count). The van der Waals surface area contributed by atoms with Crippen molar-refractivity contribution >= 4 is 50.6 Å². The number of nitrogens with zero attached hydrogens (tertiary/aromatic N) is 2. The summed E-state index contributed by atoms with van der Waals surface area (Å²) in [6.07, 6.45) is 1.64. The van der Waals surface area contributed by atoms with Gasteiger partial charge in [0, 0.05) is 12.1 Å². The standard InChI is InChI=1S/C26H21BrN2O6S/c1-16-6-8-17(9-7-16)14-28-25(30)23(36-26(28)31)13-19-11-21(27)24(22(12-19)34-2)35-15-18-4-3-5-20(10-18)29(32)33/h3-13H,14-15H2,1-2H3/b23-13-. The van der Waals surface area contributed by atoms with E-state index in [-0.39, 0.29) is 30.0 Å². The second-order valence-corrected chi connectivity index (χ2v) is 9.85. The number of non-ortho nitro benzene ring substituents is 1. The maximum absolute atomic E-state index is 12.9. The molecule has 1 fully saturated rings. The maximum atomic E-state index is 12.9. The van der Waals surface area contributed by atoms with E-state index >= 15 is 0 Å². The summed E-state index contributed by atoms with van der Waals surface area (Å²) in [7, 11) is 1.49. The fourth-order valence-corrected chi connectivity index (χ4v) is 4.95. The van der Waals surface area contributed by atoms with E-state index < -0.39 is 4.92 Å². The summed E-state index contributed by atoms with van der Waals surface area (Å²) in [5, 5.41) is 10.7. The van der Waals surface area contributed by atoms with Gasteiger partial charge in [0.2, 0.25) is 0 Å². The van der Waals surface area contributed by atoms with E-state index in [4.69, 9.17) is 9.47 Å². The molecule has 0 radical (unpaired) electrons. The maximum Gasteiger partial charge on any atom is 0.293 e. The number of thioether (sulfide) groups is 1. The lowest BCUT2D eigenvalue weighted by atomic mass is 10.1. The first-order chi connectivity index (χ1) is 17.2. The number of rotatable bonds is 8. The summed E-state index contributed by atoms with van der Waals surface area (Å²) in [6.45, 7) is 2.27. The van der Waals surface area contributed by atoms with Crippen molar-refractivity contribution in [2.45, 2.75) is 20.1 Å². The Morgan fingerprint density at radius 2 is 1.83 bits per heavy atom. The van der Waals surface area contributed by atoms with Gasteiger partial charge in [-0.05, 0) is 69.5 Å². The van der Waals surface area contributed by atoms with Gasteiger partial charge in [0.25, 0.3) is 16.8 Å². The lowest BCUT2D eigenvalue weighted by Gasteiger charge is -2.14. The molecule has 0 aromatic heterocycles. The Morgan fingerprint density at radius 1 is 1.08 bits per heavy atom. The van der Waals surface area contributed by atoms with Crippen LogP contribution in [0.25, 0.3) is 6.08 Å². The Morgan fingerprint density at radius 3 is 2.53 bits per heavy atom. The van der Waals surface area contributed by atoms with Gasteiger partial charge in [-0.15, -0.1) is 0 Å². The molecule has 1 aliphatic heterocycles. The van der Waals surface area contributed by atoms with Gasteiger partial charge in [-0.1, -0.05) is 42.0 Å². The molecule has 1 saturated heterocycles. The molecule has 36 heavy (non-hydrogen) atoms. The summed E-state index contributed by atoms with van der Waals surface area (Å²) >= 11 is 4.37. The summed E-state index contributed by atoms with van der Waals surface area (Å²) < 4.78 is 11.9. The summed E-state index contributed by atoms with van der Waals surface area (Å²) in [5.41, 5.74) is 3.23. The second kappa shape index (κ2) is 11.0. The number of nitro groups is 1. The first kappa shape index (κ1) is 25.5. The van der Waals surface area contributed by atoms with Crippen LogP contribution in [0.3, 0.4) is 0 Å². The van der Waals surface area contributed by atoms with E-state index in [1.165, 1.54) is 24.1 Å². The molecule has 3 aromatic carbocycles. The molecule has 1 heterocycles. The van der Waals surface area contributed by atoms with Crippen LogP contribution in [-0.2, 0) is 17.9 Å². The Labute approximate surface area is 220 Å². The lowest BCUT2D eigenvalue weighted by molar-refractivity contribution is -0.384. The zero-order chi connectivity index (χ0) is 25.8. The van der Waals surface area contributed by atoms with Crippen molar-refractivity contribution in [1.82, 2.24) is 4.90 Å². The predicted molar refractivity (Wildman–Crippen MR) is 141 cm³/mol. The predicted octanol–water partition coefficient (Wildman–Crippen LogP) is 6.49. The number of imide groups is 1. The quantitative estimate of drug-likeness (QED) is 0.174. The molecule has 8 nitrogen and oxygen atoms in total. The van der Waals surface area contributed by atoms with Crippen LogP contribution in [0.1, 0.15) is 22.3 Å². The molecule has 0 saturated carbocycles. The number of carbonyl (C=O) groups excluding carboxylic acids is 2. The van der Waals surface area contributed by atoms with Crippen molar-refractivity contribution in [3.05, 3.63) is 102 Å². The van der Waals surface area contributed by atoms with E-state index in [1.807, 2.05) is 31.2 Å². The molecule has 0 spiro atoms. The summed E-state index contributed by atoms with van der Waals surface area (Å²) in [6, 6.07) is 17.3. The molecule has 2 amide bonds. The summed E-state index contributed by atoms with van der Waals surface area (Å²) in [5.74, 6) is 0.459. The van der Waals surface area contributed by atoms with E-state index in [9.17, 15) is 19.7 Å². The van der Waals surface area contributed by atoms with Crippen LogP contribution in [0.5, 0.6) is 11.5 Å². The molecule has 0 unspecified atom stereocenters. The number of ether oxygens (including phenoxy) is 2. The number of hydrogen-bond donors (Lipinski definition) is 0. The molecule has 0 aliphatic carbocycles. The fourth-order valence-electron chi connectivity index (χ4n) is 3.54. The van der Waals surface area contributed by atoms with E-state index in [0.717, 1.165) is 22.9 Å². The first-order valence-corrected chi connectivity index (χ1v) is 12.4. The smallest absolute Gasteiger partial charge is 0.293 e. The number of aryl methyl sites for hydroxylation is 1. The molecule has 0 bridgehead atoms. The van der Waals surface area contributed by atoms with Crippen molar-refractivity contribution in [2.24, 2.45) is 0 Å². The second-order valence-electron chi connectivity index (χ2n) is 8.00. The van der Waals surface area contributed by atoms with Crippen molar-refractivity contribution in [2.75, 3.05) is 7.11 Å². The average molecular weight is 569 g/mol. The number of hydrogen-bond acceptors (Lipinski definition) is 7. The first-order valence-electron chi connectivity index (χ1n) is 10.8. The minimum atomic E-state index is -0.461. The third kappa shape index (κ3) is 5.77. The van der Waals surface area contributed by atoms with Crippen LogP contribution < -0.4 is 9.47 Å². The Hall–Kier alpha value is -3.63. The minimum absolute atomic E-state index is 0.0196. The van der Waals surface area contributed by atoms with Gasteiger partial charge in [0.05, 0.1) is 28.0 Å². The zero-order valence-electron chi connectivity index (χ0n) is 19.4. The molecule has 3 aromatic rings. The third-order valence-electron chi connectivity index (χ3n) is 5.39. The lowest BCUT2D eigenvalue weighted by Crippen LogP contribution is -2.27. The fraction of sp³-hybridized carbons (Fsp3) is 0.154. The highest BCUT2D eigenvalue weighted by atomic mass is 79.9. The number of halogens is 1. The van der Waals surface area contributed by atoms with Crippen LogP contribution in [-0.4, -0.2) is 28.1 Å². The van der Waals surface area contributed by atoms with Crippen LogP contribution in [0.2, 0.25) is 0 Å². The number of benzene rings is 3. The van der Waals surface area contributed by atoms with Gasteiger partial charge in [-0.3, -0.25) is 24.6 Å². The van der Waals surface area contributed by atoms with Gasteiger partial charge in [-0.2, -0.15) is 0 Å². The summed E-state index contributed by atoms with van der Waals surface area (Å²) in [4.78, 5) is 37.5. The largest absolute Gasteiger partial charge is 0.493 e. The number of nitro benzene ring substituents is 1. The minimum Gasteiger partial charge on any atom is -0.493 e. The number of amides is 2. The van der Waals surface area contributed by atoms with Crippen LogP contribution in [0.15, 0.2) is 70.0 Å². The van der Waals surface area contributed by atoms with Crippen molar-refractivity contribution in [1.29, 1.82) is 0 Å². The van der Waals surface area contributed by atoms with Crippen LogP contribution >= 0.6 is 27.7 Å². The molecule has 0 atom stereocenters. The zero-order valence-corrected chi connectivity index (χ0v) is 21.8. The number of carbonyl (C=O) groups is 2. The number of methoxy groups -OCH3 is 1. The van der Waals surface area contributed by atoms with E-state index in [1.54, 1.807) is 30.3 Å². The van der Waals surface area contributed by atoms with Gasteiger partial charge in [-0.25, -0.2) is 0 Å². The van der Waals surface area contributed by atoms with Crippen molar-refractivity contribution < 1.29 is 24.0 Å². The monoisotopic (exact) mass is 568 g/mol.